The van der Waals surface area contributed by atoms with Crippen LogP contribution in [0.3, 0.4) is 0 Å². The number of aromatic nitrogens is 4. The van der Waals surface area contributed by atoms with Gasteiger partial charge >= 0.3 is 6.01 Å². The number of piperazine rings is 1. The van der Waals surface area contributed by atoms with Crippen LogP contribution in [0.4, 0.5) is 14.8 Å². The molecule has 10 heteroatoms. The summed E-state index contributed by atoms with van der Waals surface area (Å²) in [7, 11) is 0. The van der Waals surface area contributed by atoms with Crippen LogP contribution >= 0.6 is 0 Å². The Morgan fingerprint density at radius 1 is 0.970 bits per heavy atom. The van der Waals surface area contributed by atoms with Gasteiger partial charge in [-0.1, -0.05) is 23.4 Å². The van der Waals surface area contributed by atoms with Crippen molar-refractivity contribution in [2.24, 2.45) is 0 Å². The summed E-state index contributed by atoms with van der Waals surface area (Å²) in [6.07, 6.45) is 0. The topological polar surface area (TPSA) is 89.1 Å². The predicted molar refractivity (Wildman–Crippen MR) is 118 cm³/mol. The van der Waals surface area contributed by atoms with E-state index >= 15 is 0 Å². The molecule has 0 unspecified atom stereocenters. The zero-order valence-electron chi connectivity index (χ0n) is 17.5. The standard InChI is InChI=1S/C23H20F2N6O2/c24-18-11-17(12-19(25)13-18)20-4-5-21(32)31(28-20)14-15-2-1-3-16(10-15)22-27-23(33-29-22)30-8-6-26-7-9-30/h1-5,10-13,26H,6-9,14H2. The highest BCUT2D eigenvalue weighted by Gasteiger charge is 2.18. The highest BCUT2D eigenvalue weighted by Crippen LogP contribution is 2.22. The van der Waals surface area contributed by atoms with Gasteiger partial charge in [0.25, 0.3) is 5.56 Å². The van der Waals surface area contributed by atoms with Crippen LogP contribution in [0.25, 0.3) is 22.6 Å². The molecule has 1 saturated heterocycles. The molecule has 1 fully saturated rings. The minimum atomic E-state index is -0.711. The second-order valence-electron chi connectivity index (χ2n) is 7.71. The molecule has 5 rings (SSSR count). The van der Waals surface area contributed by atoms with Crippen LogP contribution in [0.1, 0.15) is 5.56 Å². The predicted octanol–water partition coefficient (Wildman–Crippen LogP) is 2.70. The van der Waals surface area contributed by atoms with Crippen LogP contribution in [-0.2, 0) is 6.54 Å². The number of rotatable bonds is 5. The maximum Gasteiger partial charge on any atom is 0.324 e. The lowest BCUT2D eigenvalue weighted by Gasteiger charge is -2.24. The summed E-state index contributed by atoms with van der Waals surface area (Å²) in [6.45, 7) is 3.47. The van der Waals surface area contributed by atoms with Crippen molar-refractivity contribution < 1.29 is 13.3 Å². The maximum absolute atomic E-state index is 13.6. The largest absolute Gasteiger partial charge is 0.324 e. The Morgan fingerprint density at radius 3 is 2.55 bits per heavy atom. The van der Waals surface area contributed by atoms with Gasteiger partial charge in [-0.15, -0.1) is 0 Å². The van der Waals surface area contributed by atoms with E-state index in [9.17, 15) is 13.6 Å². The fraction of sp³-hybridized carbons (Fsp3) is 0.217. The van der Waals surface area contributed by atoms with Crippen molar-refractivity contribution in [1.29, 1.82) is 0 Å². The van der Waals surface area contributed by atoms with E-state index < -0.39 is 11.6 Å². The van der Waals surface area contributed by atoms with Gasteiger partial charge in [-0.2, -0.15) is 10.1 Å². The molecule has 3 heterocycles. The highest BCUT2D eigenvalue weighted by atomic mass is 19.1. The van der Waals surface area contributed by atoms with E-state index in [1.54, 1.807) is 0 Å². The second-order valence-corrected chi connectivity index (χ2v) is 7.71. The molecule has 8 nitrogen and oxygen atoms in total. The third kappa shape index (κ3) is 4.65. The Balaban J connectivity index is 1.40. The van der Waals surface area contributed by atoms with E-state index in [-0.39, 0.29) is 17.7 Å². The van der Waals surface area contributed by atoms with Gasteiger partial charge in [-0.3, -0.25) is 4.79 Å². The summed E-state index contributed by atoms with van der Waals surface area (Å²) in [5.74, 6) is -0.968. The van der Waals surface area contributed by atoms with Crippen LogP contribution in [0, 0.1) is 11.6 Å². The van der Waals surface area contributed by atoms with E-state index in [0.717, 1.165) is 43.4 Å². The highest BCUT2D eigenvalue weighted by molar-refractivity contribution is 5.59. The quantitative estimate of drug-likeness (QED) is 0.500. The molecule has 1 aliphatic heterocycles. The molecular weight excluding hydrogens is 430 g/mol. The Morgan fingerprint density at radius 2 is 1.76 bits per heavy atom. The molecule has 0 atom stereocenters. The number of hydrogen-bond donors (Lipinski definition) is 1. The molecule has 0 saturated carbocycles. The smallest absolute Gasteiger partial charge is 0.322 e. The number of halogens is 2. The SMILES string of the molecule is O=c1ccc(-c2cc(F)cc(F)c2)nn1Cc1cccc(-c2noc(N3CCNCC3)n2)c1. The van der Waals surface area contributed by atoms with E-state index in [1.165, 1.54) is 28.9 Å². The Labute approximate surface area is 187 Å². The second kappa shape index (κ2) is 8.91. The van der Waals surface area contributed by atoms with Crippen LogP contribution in [0.5, 0.6) is 0 Å². The molecule has 4 aromatic rings. The summed E-state index contributed by atoms with van der Waals surface area (Å²) in [4.78, 5) is 18.9. The van der Waals surface area contributed by atoms with Gasteiger partial charge in [0.2, 0.25) is 5.82 Å². The van der Waals surface area contributed by atoms with Gasteiger partial charge < -0.3 is 14.7 Å². The molecule has 33 heavy (non-hydrogen) atoms. The van der Waals surface area contributed by atoms with Crippen molar-refractivity contribution in [3.8, 4) is 22.6 Å². The minimum absolute atomic E-state index is 0.167. The summed E-state index contributed by atoms with van der Waals surface area (Å²) in [5.41, 5.74) is 1.75. The summed E-state index contributed by atoms with van der Waals surface area (Å²) in [6, 6.07) is 13.8. The van der Waals surface area contributed by atoms with Crippen molar-refractivity contribution in [3.05, 3.63) is 82.1 Å². The average molecular weight is 450 g/mol. The number of anilines is 1. The van der Waals surface area contributed by atoms with E-state index in [4.69, 9.17) is 4.52 Å². The minimum Gasteiger partial charge on any atom is -0.322 e. The first-order chi connectivity index (χ1) is 16.0. The zero-order valence-corrected chi connectivity index (χ0v) is 17.5. The maximum atomic E-state index is 13.6. The third-order valence-corrected chi connectivity index (χ3v) is 5.35. The summed E-state index contributed by atoms with van der Waals surface area (Å²) >= 11 is 0. The fourth-order valence-corrected chi connectivity index (χ4v) is 3.72. The van der Waals surface area contributed by atoms with Gasteiger partial charge in [0.05, 0.1) is 12.2 Å². The number of nitrogens with one attached hydrogen (secondary N) is 1. The van der Waals surface area contributed by atoms with Crippen molar-refractivity contribution in [3.63, 3.8) is 0 Å². The fourth-order valence-electron chi connectivity index (χ4n) is 3.72. The lowest BCUT2D eigenvalue weighted by atomic mass is 10.1. The molecule has 0 radical (unpaired) electrons. The third-order valence-electron chi connectivity index (χ3n) is 5.35. The van der Waals surface area contributed by atoms with E-state index in [1.807, 2.05) is 29.2 Å². The van der Waals surface area contributed by atoms with Crippen molar-refractivity contribution in [1.82, 2.24) is 25.2 Å². The first-order valence-electron chi connectivity index (χ1n) is 10.5. The van der Waals surface area contributed by atoms with Gasteiger partial charge in [-0.25, -0.2) is 13.5 Å². The summed E-state index contributed by atoms with van der Waals surface area (Å²) in [5, 5.41) is 11.7. The van der Waals surface area contributed by atoms with E-state index in [2.05, 4.69) is 20.6 Å². The average Bonchev–Trinajstić information content (AvgIpc) is 3.31. The van der Waals surface area contributed by atoms with Gasteiger partial charge in [-0.05, 0) is 29.8 Å². The molecule has 0 spiro atoms. The normalized spacial score (nSPS) is 13.9. The molecule has 2 aromatic carbocycles. The number of hydrogen-bond acceptors (Lipinski definition) is 7. The Hall–Kier alpha value is -3.92. The van der Waals surface area contributed by atoms with Gasteiger partial charge in [0.15, 0.2) is 0 Å². The van der Waals surface area contributed by atoms with Crippen LogP contribution in [0.15, 0.2) is 63.9 Å². The lowest BCUT2D eigenvalue weighted by Crippen LogP contribution is -2.43. The molecule has 0 aliphatic carbocycles. The molecular formula is C23H20F2N6O2. The van der Waals surface area contributed by atoms with E-state index in [0.29, 0.717) is 17.5 Å². The van der Waals surface area contributed by atoms with Crippen molar-refractivity contribution in [2.45, 2.75) is 6.54 Å². The van der Waals surface area contributed by atoms with Gasteiger partial charge in [0.1, 0.15) is 11.6 Å². The Bertz CT molecular complexity index is 1330. The van der Waals surface area contributed by atoms with Crippen LogP contribution < -0.4 is 15.8 Å². The first-order valence-corrected chi connectivity index (χ1v) is 10.5. The molecule has 1 N–H and O–H groups in total. The molecule has 0 amide bonds. The molecule has 168 valence electrons. The number of benzene rings is 2. The molecule has 2 aromatic heterocycles. The van der Waals surface area contributed by atoms with Crippen LogP contribution in [0.2, 0.25) is 0 Å². The first kappa shape index (κ1) is 21.0. The molecule has 0 bridgehead atoms. The molecule has 1 aliphatic rings. The zero-order chi connectivity index (χ0) is 22.8. The lowest BCUT2D eigenvalue weighted by molar-refractivity contribution is 0.405. The van der Waals surface area contributed by atoms with Crippen LogP contribution in [-0.4, -0.2) is 46.1 Å². The summed E-state index contributed by atoms with van der Waals surface area (Å²) < 4.78 is 33.9. The van der Waals surface area contributed by atoms with Crippen molar-refractivity contribution >= 4 is 6.01 Å². The van der Waals surface area contributed by atoms with Crippen molar-refractivity contribution in [2.75, 3.05) is 31.1 Å². The van der Waals surface area contributed by atoms with Gasteiger partial charge in [0, 0.05) is 49.4 Å². The Kier molecular flexibility index (Phi) is 5.66. The monoisotopic (exact) mass is 450 g/mol. The number of nitrogens with zero attached hydrogens (tertiary/aromatic N) is 5.